The van der Waals surface area contributed by atoms with Crippen molar-refractivity contribution >= 4 is 17.5 Å². The molecule has 148 valence electrons. The van der Waals surface area contributed by atoms with E-state index in [-0.39, 0.29) is 5.56 Å². The number of aliphatic hydroxyl groups excluding tert-OH is 1. The number of hydroxylamine groups is 1. The Morgan fingerprint density at radius 3 is 1.93 bits per heavy atom. The topological polar surface area (TPSA) is 125 Å². The molecule has 0 aliphatic carbocycles. The van der Waals surface area contributed by atoms with Crippen LogP contribution in [0.15, 0.2) is 48.5 Å². The van der Waals surface area contributed by atoms with Crippen molar-refractivity contribution in [2.45, 2.75) is 25.5 Å². The van der Waals surface area contributed by atoms with Crippen molar-refractivity contribution in [2.24, 2.45) is 0 Å². The number of amides is 2. The predicted octanol–water partition coefficient (Wildman–Crippen LogP) is 1.05. The molecule has 2 aromatic rings. The zero-order valence-electron chi connectivity index (χ0n) is 16.0. The van der Waals surface area contributed by atoms with Crippen molar-refractivity contribution in [3.8, 4) is 23.7 Å². The van der Waals surface area contributed by atoms with Gasteiger partial charge in [0.05, 0.1) is 6.10 Å². The first-order valence-electron chi connectivity index (χ1n) is 8.69. The van der Waals surface area contributed by atoms with Crippen LogP contribution in [-0.2, 0) is 4.79 Å². The summed E-state index contributed by atoms with van der Waals surface area (Å²) in [6.07, 6.45) is -1.23. The Kier molecular flexibility index (Phi) is 6.99. The van der Waals surface area contributed by atoms with Crippen LogP contribution in [0.25, 0.3) is 0 Å². The Balaban J connectivity index is 2.08. The number of nitrogen functional groups attached to an aromatic ring is 1. The number of anilines is 1. The SMILES string of the molecule is CC(O)C(C)(NC(=O)c1ccc(C#CC#Cc2ccc(N)cc2)cc1)C(=O)NO. The fraction of sp³-hybridized carbons (Fsp3) is 0.182. The van der Waals surface area contributed by atoms with Crippen LogP contribution in [0.1, 0.15) is 35.3 Å². The number of carbonyl (C=O) groups excluding carboxylic acids is 2. The fourth-order valence-electron chi connectivity index (χ4n) is 2.25. The maximum Gasteiger partial charge on any atom is 0.271 e. The molecular weight excluding hydrogens is 370 g/mol. The molecule has 0 saturated carbocycles. The standard InChI is InChI=1S/C22H21N3O4/c1-15(26)22(2,21(28)25-29)24-20(27)18-11-7-16(8-12-18)5-3-4-6-17-9-13-19(23)14-10-17/h7-15,26,29H,23H2,1-2H3,(H,24,27)(H,25,28). The third-order valence-electron chi connectivity index (χ3n) is 4.32. The van der Waals surface area contributed by atoms with Gasteiger partial charge in [0, 0.05) is 22.4 Å². The number of hydrogen-bond acceptors (Lipinski definition) is 5. The van der Waals surface area contributed by atoms with E-state index in [0.29, 0.717) is 11.3 Å². The van der Waals surface area contributed by atoms with E-state index in [4.69, 9.17) is 10.9 Å². The highest BCUT2D eigenvalue weighted by Crippen LogP contribution is 2.13. The molecule has 0 aliphatic heterocycles. The van der Waals surface area contributed by atoms with Crippen molar-refractivity contribution in [2.75, 3.05) is 5.73 Å². The van der Waals surface area contributed by atoms with E-state index in [2.05, 4.69) is 29.0 Å². The quantitative estimate of drug-likeness (QED) is 0.231. The van der Waals surface area contributed by atoms with Gasteiger partial charge in [-0.1, -0.05) is 11.8 Å². The molecule has 2 rings (SSSR count). The molecule has 0 heterocycles. The largest absolute Gasteiger partial charge is 0.399 e. The minimum absolute atomic E-state index is 0.265. The van der Waals surface area contributed by atoms with Gasteiger partial charge in [-0.25, -0.2) is 5.48 Å². The van der Waals surface area contributed by atoms with Crippen LogP contribution < -0.4 is 16.5 Å². The van der Waals surface area contributed by atoms with E-state index in [0.717, 1.165) is 5.56 Å². The number of carbonyl (C=O) groups is 2. The van der Waals surface area contributed by atoms with E-state index in [1.54, 1.807) is 36.4 Å². The average molecular weight is 391 g/mol. The number of nitrogens with two attached hydrogens (primary N) is 1. The van der Waals surface area contributed by atoms with Crippen molar-refractivity contribution in [3.05, 3.63) is 65.2 Å². The maximum absolute atomic E-state index is 12.4. The molecule has 0 fully saturated rings. The minimum atomic E-state index is -1.69. The number of rotatable bonds is 4. The summed E-state index contributed by atoms with van der Waals surface area (Å²) >= 11 is 0. The maximum atomic E-state index is 12.4. The van der Waals surface area contributed by atoms with Crippen LogP contribution in [0, 0.1) is 23.7 Å². The molecule has 0 spiro atoms. The highest BCUT2D eigenvalue weighted by Gasteiger charge is 2.39. The third kappa shape index (κ3) is 5.60. The van der Waals surface area contributed by atoms with Gasteiger partial charge in [-0.15, -0.1) is 0 Å². The molecule has 7 heteroatoms. The van der Waals surface area contributed by atoms with Crippen LogP contribution in [0.5, 0.6) is 0 Å². The molecule has 2 aromatic carbocycles. The summed E-state index contributed by atoms with van der Waals surface area (Å²) in [5, 5.41) is 21.1. The molecule has 0 aliphatic rings. The number of aliphatic hydroxyl groups is 1. The van der Waals surface area contributed by atoms with Gasteiger partial charge in [0.1, 0.15) is 5.54 Å². The van der Waals surface area contributed by atoms with Crippen LogP contribution in [0.2, 0.25) is 0 Å². The summed E-state index contributed by atoms with van der Waals surface area (Å²) < 4.78 is 0. The number of benzene rings is 2. The van der Waals surface area contributed by atoms with Gasteiger partial charge in [-0.3, -0.25) is 14.8 Å². The van der Waals surface area contributed by atoms with Gasteiger partial charge < -0.3 is 16.2 Å². The van der Waals surface area contributed by atoms with Gasteiger partial charge in [0.25, 0.3) is 11.8 Å². The van der Waals surface area contributed by atoms with E-state index in [9.17, 15) is 14.7 Å². The van der Waals surface area contributed by atoms with Crippen LogP contribution in [0.4, 0.5) is 5.69 Å². The van der Waals surface area contributed by atoms with Crippen molar-refractivity contribution < 1.29 is 19.9 Å². The molecule has 2 atom stereocenters. The first-order chi connectivity index (χ1) is 13.8. The molecule has 7 nitrogen and oxygen atoms in total. The highest BCUT2D eigenvalue weighted by molar-refractivity contribution is 5.99. The zero-order chi connectivity index (χ0) is 21.4. The van der Waals surface area contributed by atoms with Crippen LogP contribution in [-0.4, -0.2) is 33.8 Å². The van der Waals surface area contributed by atoms with Gasteiger partial charge in [-0.2, -0.15) is 0 Å². The predicted molar refractivity (Wildman–Crippen MR) is 109 cm³/mol. The lowest BCUT2D eigenvalue weighted by molar-refractivity contribution is -0.139. The molecular formula is C22H21N3O4. The van der Waals surface area contributed by atoms with Crippen LogP contribution in [0.3, 0.4) is 0 Å². The van der Waals surface area contributed by atoms with Crippen molar-refractivity contribution in [3.63, 3.8) is 0 Å². The molecule has 0 saturated heterocycles. The Labute approximate surface area is 168 Å². The normalized spacial score (nSPS) is 12.8. The molecule has 29 heavy (non-hydrogen) atoms. The Morgan fingerprint density at radius 2 is 1.48 bits per heavy atom. The van der Waals surface area contributed by atoms with E-state index < -0.39 is 23.5 Å². The second-order valence-electron chi connectivity index (χ2n) is 6.47. The summed E-state index contributed by atoms with van der Waals surface area (Å²) in [6, 6.07) is 13.5. The summed E-state index contributed by atoms with van der Waals surface area (Å²) in [5.41, 5.74) is 7.75. The lowest BCUT2D eigenvalue weighted by Gasteiger charge is -2.31. The Morgan fingerprint density at radius 1 is 1.00 bits per heavy atom. The minimum Gasteiger partial charge on any atom is -0.399 e. The lowest BCUT2D eigenvalue weighted by atomic mass is 9.94. The summed E-state index contributed by atoms with van der Waals surface area (Å²) in [7, 11) is 0. The molecule has 0 bridgehead atoms. The molecule has 6 N–H and O–H groups in total. The third-order valence-corrected chi connectivity index (χ3v) is 4.32. The molecule has 2 unspecified atom stereocenters. The van der Waals surface area contributed by atoms with Crippen molar-refractivity contribution in [1.29, 1.82) is 0 Å². The van der Waals surface area contributed by atoms with E-state index >= 15 is 0 Å². The fourth-order valence-corrected chi connectivity index (χ4v) is 2.25. The Hall–Kier alpha value is -3.78. The van der Waals surface area contributed by atoms with Gasteiger partial charge in [-0.05, 0) is 74.2 Å². The average Bonchev–Trinajstić information content (AvgIpc) is 2.72. The van der Waals surface area contributed by atoms with Crippen LogP contribution >= 0.6 is 0 Å². The second kappa shape index (κ2) is 9.43. The summed E-state index contributed by atoms with van der Waals surface area (Å²) in [5.74, 6) is 9.73. The number of hydrogen-bond donors (Lipinski definition) is 5. The first-order valence-corrected chi connectivity index (χ1v) is 8.69. The van der Waals surface area contributed by atoms with Crippen molar-refractivity contribution in [1.82, 2.24) is 10.8 Å². The van der Waals surface area contributed by atoms with E-state index in [1.807, 2.05) is 0 Å². The molecule has 0 radical (unpaired) electrons. The Bertz CT molecular complexity index is 1010. The second-order valence-corrected chi connectivity index (χ2v) is 6.47. The van der Waals surface area contributed by atoms with Gasteiger partial charge in [0.2, 0.25) is 0 Å². The molecule has 2 amide bonds. The highest BCUT2D eigenvalue weighted by atomic mass is 16.5. The number of nitrogens with one attached hydrogen (secondary N) is 2. The zero-order valence-corrected chi connectivity index (χ0v) is 16.0. The van der Waals surface area contributed by atoms with Gasteiger partial charge >= 0.3 is 0 Å². The lowest BCUT2D eigenvalue weighted by Crippen LogP contribution is -2.62. The first kappa shape index (κ1) is 21.5. The molecule has 0 aromatic heterocycles. The van der Waals surface area contributed by atoms with Gasteiger partial charge in [0.15, 0.2) is 0 Å². The monoisotopic (exact) mass is 391 g/mol. The van der Waals surface area contributed by atoms with E-state index in [1.165, 1.54) is 31.5 Å². The summed E-state index contributed by atoms with van der Waals surface area (Å²) in [6.45, 7) is 2.64. The smallest absolute Gasteiger partial charge is 0.271 e. The summed E-state index contributed by atoms with van der Waals surface area (Å²) in [4.78, 5) is 24.2.